The fourth-order valence-corrected chi connectivity index (χ4v) is 1.75. The molecule has 0 spiro atoms. The highest BCUT2D eigenvalue weighted by molar-refractivity contribution is 6.43. The first-order chi connectivity index (χ1) is 7.24. The summed E-state index contributed by atoms with van der Waals surface area (Å²) in [7, 11) is 0. The van der Waals surface area contributed by atoms with Gasteiger partial charge in [-0.15, -0.1) is 0 Å². The van der Waals surface area contributed by atoms with Crippen LogP contribution in [0, 0.1) is 0 Å². The molecule has 1 aromatic heterocycles. The van der Waals surface area contributed by atoms with Gasteiger partial charge in [-0.2, -0.15) is 0 Å². The number of carbonyl (C=O) groups excluding carboxylic acids is 1. The Morgan fingerprint density at radius 3 is 2.67 bits per heavy atom. The molecule has 0 aliphatic carbocycles. The molecule has 76 valence electrons. The highest BCUT2D eigenvalue weighted by Crippen LogP contribution is 2.35. The second-order valence-corrected chi connectivity index (χ2v) is 3.70. The molecular formula is C11H6Cl2O2. The summed E-state index contributed by atoms with van der Waals surface area (Å²) in [5.74, 6) is 0.249. The van der Waals surface area contributed by atoms with Gasteiger partial charge in [0, 0.05) is 11.1 Å². The average Bonchev–Trinajstić information content (AvgIpc) is 2.70. The molecule has 1 heterocycles. The molecule has 1 aromatic carbocycles. The molecule has 4 heteroatoms. The fraction of sp³-hybridized carbons (Fsp3) is 0. The monoisotopic (exact) mass is 240 g/mol. The highest BCUT2D eigenvalue weighted by atomic mass is 35.5. The molecular weight excluding hydrogens is 235 g/mol. The van der Waals surface area contributed by atoms with E-state index in [0.29, 0.717) is 27.5 Å². The first-order valence-electron chi connectivity index (χ1n) is 4.21. The van der Waals surface area contributed by atoms with Crippen molar-refractivity contribution >= 4 is 29.5 Å². The summed E-state index contributed by atoms with van der Waals surface area (Å²) in [6.45, 7) is 0. The lowest BCUT2D eigenvalue weighted by Gasteiger charge is -2.03. The molecule has 15 heavy (non-hydrogen) atoms. The Bertz CT molecular complexity index is 503. The van der Waals surface area contributed by atoms with Crippen LogP contribution in [0.15, 0.2) is 34.9 Å². The van der Waals surface area contributed by atoms with Crippen LogP contribution in [0.2, 0.25) is 10.0 Å². The van der Waals surface area contributed by atoms with E-state index in [1.807, 2.05) is 0 Å². The number of aldehydes is 1. The van der Waals surface area contributed by atoms with Crippen LogP contribution in [0.4, 0.5) is 0 Å². The van der Waals surface area contributed by atoms with Crippen molar-refractivity contribution in [2.45, 2.75) is 0 Å². The standard InChI is InChI=1S/C11H6Cl2O2/c12-9-3-1-2-8(11(9)13)7-4-5-15-10(7)6-14/h1-6H. The van der Waals surface area contributed by atoms with Gasteiger partial charge < -0.3 is 4.42 Å². The second kappa shape index (κ2) is 4.09. The predicted octanol–water partition coefficient (Wildman–Crippen LogP) is 4.07. The summed E-state index contributed by atoms with van der Waals surface area (Å²) < 4.78 is 4.99. The summed E-state index contributed by atoms with van der Waals surface area (Å²) in [5.41, 5.74) is 1.34. The molecule has 2 rings (SSSR count). The molecule has 2 aromatic rings. The van der Waals surface area contributed by atoms with Gasteiger partial charge in [-0.3, -0.25) is 4.79 Å². The smallest absolute Gasteiger partial charge is 0.185 e. The lowest BCUT2D eigenvalue weighted by Crippen LogP contribution is -1.83. The molecule has 0 bridgehead atoms. The largest absolute Gasteiger partial charge is 0.461 e. The number of carbonyl (C=O) groups is 1. The van der Waals surface area contributed by atoms with E-state index in [1.165, 1.54) is 6.26 Å². The predicted molar refractivity (Wildman–Crippen MR) is 59.6 cm³/mol. The van der Waals surface area contributed by atoms with E-state index in [9.17, 15) is 4.79 Å². The van der Waals surface area contributed by atoms with E-state index in [4.69, 9.17) is 27.6 Å². The van der Waals surface area contributed by atoms with Crippen LogP contribution in [-0.4, -0.2) is 6.29 Å². The van der Waals surface area contributed by atoms with Gasteiger partial charge in [0.25, 0.3) is 0 Å². The Morgan fingerprint density at radius 2 is 1.93 bits per heavy atom. The number of rotatable bonds is 2. The molecule has 0 radical (unpaired) electrons. The van der Waals surface area contributed by atoms with E-state index in [2.05, 4.69) is 0 Å². The van der Waals surface area contributed by atoms with Crippen LogP contribution in [0.3, 0.4) is 0 Å². The second-order valence-electron chi connectivity index (χ2n) is 2.92. The Balaban J connectivity index is 2.64. The Morgan fingerprint density at radius 1 is 1.13 bits per heavy atom. The fourth-order valence-electron chi connectivity index (χ4n) is 1.35. The van der Waals surface area contributed by atoms with Gasteiger partial charge in [0.05, 0.1) is 16.3 Å². The van der Waals surface area contributed by atoms with Gasteiger partial charge in [0.15, 0.2) is 12.0 Å². The van der Waals surface area contributed by atoms with Crippen LogP contribution >= 0.6 is 23.2 Å². The van der Waals surface area contributed by atoms with Crippen LogP contribution in [0.5, 0.6) is 0 Å². The van der Waals surface area contributed by atoms with Crippen molar-refractivity contribution in [3.63, 3.8) is 0 Å². The zero-order chi connectivity index (χ0) is 10.8. The molecule has 0 N–H and O–H groups in total. The molecule has 0 fully saturated rings. The van der Waals surface area contributed by atoms with Gasteiger partial charge in [0.1, 0.15) is 0 Å². The zero-order valence-corrected chi connectivity index (χ0v) is 9.05. The van der Waals surface area contributed by atoms with Gasteiger partial charge in [0.2, 0.25) is 0 Å². The maximum atomic E-state index is 10.7. The normalized spacial score (nSPS) is 10.3. The maximum absolute atomic E-state index is 10.7. The van der Waals surface area contributed by atoms with Crippen molar-refractivity contribution in [3.8, 4) is 11.1 Å². The van der Waals surface area contributed by atoms with E-state index in [-0.39, 0.29) is 5.76 Å². The summed E-state index contributed by atoms with van der Waals surface area (Å²) in [6.07, 6.45) is 2.09. The lowest BCUT2D eigenvalue weighted by molar-refractivity contribution is 0.110. The third-order valence-corrected chi connectivity index (χ3v) is 2.86. The van der Waals surface area contributed by atoms with Crippen molar-refractivity contribution in [3.05, 3.63) is 46.3 Å². The van der Waals surface area contributed by atoms with Crippen molar-refractivity contribution in [1.82, 2.24) is 0 Å². The van der Waals surface area contributed by atoms with E-state index in [0.717, 1.165) is 0 Å². The van der Waals surface area contributed by atoms with E-state index >= 15 is 0 Å². The highest BCUT2D eigenvalue weighted by Gasteiger charge is 2.12. The minimum absolute atomic E-state index is 0.249. The number of halogens is 2. The quantitative estimate of drug-likeness (QED) is 0.742. The van der Waals surface area contributed by atoms with Gasteiger partial charge in [-0.25, -0.2) is 0 Å². The number of furan rings is 1. The van der Waals surface area contributed by atoms with Crippen LogP contribution in [0.1, 0.15) is 10.6 Å². The van der Waals surface area contributed by atoms with Crippen LogP contribution < -0.4 is 0 Å². The van der Waals surface area contributed by atoms with E-state index < -0.39 is 0 Å². The van der Waals surface area contributed by atoms with Crippen molar-refractivity contribution in [2.75, 3.05) is 0 Å². The lowest BCUT2D eigenvalue weighted by atomic mass is 10.1. The number of hydrogen-bond donors (Lipinski definition) is 0. The van der Waals surface area contributed by atoms with Crippen molar-refractivity contribution in [2.24, 2.45) is 0 Å². The molecule has 0 saturated carbocycles. The minimum Gasteiger partial charge on any atom is -0.461 e. The third-order valence-electron chi connectivity index (χ3n) is 2.04. The van der Waals surface area contributed by atoms with Crippen molar-refractivity contribution < 1.29 is 9.21 Å². The number of hydrogen-bond acceptors (Lipinski definition) is 2. The van der Waals surface area contributed by atoms with Gasteiger partial charge >= 0.3 is 0 Å². The van der Waals surface area contributed by atoms with Crippen molar-refractivity contribution in [1.29, 1.82) is 0 Å². The molecule has 0 amide bonds. The first kappa shape index (κ1) is 10.3. The maximum Gasteiger partial charge on any atom is 0.185 e. The van der Waals surface area contributed by atoms with Gasteiger partial charge in [-0.05, 0) is 12.1 Å². The zero-order valence-electron chi connectivity index (χ0n) is 7.54. The Labute approximate surface area is 96.4 Å². The van der Waals surface area contributed by atoms with Crippen LogP contribution in [0.25, 0.3) is 11.1 Å². The molecule has 0 aliphatic rings. The first-order valence-corrected chi connectivity index (χ1v) is 4.96. The number of benzene rings is 1. The summed E-state index contributed by atoms with van der Waals surface area (Å²) in [5, 5.41) is 0.871. The third kappa shape index (κ3) is 1.78. The molecule has 2 nitrogen and oxygen atoms in total. The van der Waals surface area contributed by atoms with Crippen LogP contribution in [-0.2, 0) is 0 Å². The summed E-state index contributed by atoms with van der Waals surface area (Å²) >= 11 is 11.9. The topological polar surface area (TPSA) is 30.2 Å². The van der Waals surface area contributed by atoms with Gasteiger partial charge in [-0.1, -0.05) is 35.3 Å². The molecule has 0 unspecified atom stereocenters. The Hall–Kier alpha value is -1.25. The SMILES string of the molecule is O=Cc1occc1-c1cccc(Cl)c1Cl. The average molecular weight is 241 g/mol. The molecule has 0 atom stereocenters. The Kier molecular flexibility index (Phi) is 2.80. The van der Waals surface area contributed by atoms with E-state index in [1.54, 1.807) is 24.3 Å². The molecule has 0 saturated heterocycles. The molecule has 0 aliphatic heterocycles. The minimum atomic E-state index is 0.249. The summed E-state index contributed by atoms with van der Waals surface area (Å²) in [4.78, 5) is 10.7. The summed E-state index contributed by atoms with van der Waals surface area (Å²) in [6, 6.07) is 6.92.